The van der Waals surface area contributed by atoms with Gasteiger partial charge in [0, 0.05) is 30.3 Å². The number of anilines is 1. The zero-order chi connectivity index (χ0) is 23.0. The van der Waals surface area contributed by atoms with E-state index in [2.05, 4.69) is 10.6 Å². The smallest absolute Gasteiger partial charge is 0.327 e. The van der Waals surface area contributed by atoms with E-state index in [4.69, 9.17) is 4.74 Å². The van der Waals surface area contributed by atoms with Crippen molar-refractivity contribution in [3.8, 4) is 0 Å². The van der Waals surface area contributed by atoms with Crippen molar-refractivity contribution in [3.05, 3.63) is 102 Å². The number of hydrogen-bond donors (Lipinski definition) is 2. The molecule has 2 atom stereocenters. The molecule has 5 rings (SSSR count). The number of benzene rings is 3. The number of piperazine rings is 1. The molecule has 168 valence electrons. The molecule has 0 aliphatic carbocycles. The minimum absolute atomic E-state index is 0.139. The van der Waals surface area contributed by atoms with E-state index in [0.29, 0.717) is 23.7 Å². The molecular weight excluding hydrogens is 428 g/mol. The van der Waals surface area contributed by atoms with Crippen LogP contribution < -0.4 is 10.6 Å². The maximum Gasteiger partial charge on any atom is 0.327 e. The second-order valence-electron chi connectivity index (χ2n) is 8.01. The Hall–Kier alpha value is -3.62. The third-order valence-electron chi connectivity index (χ3n) is 6.05. The molecule has 0 spiro atoms. The number of ether oxygens (including phenoxy) is 1. The lowest BCUT2D eigenvalue weighted by Crippen LogP contribution is -2.65. The Morgan fingerprint density at radius 3 is 2.21 bits per heavy atom. The number of carbonyl (C=O) groups is 2. The van der Waals surface area contributed by atoms with Crippen LogP contribution in [0, 0.1) is 11.6 Å². The lowest BCUT2D eigenvalue weighted by atomic mass is 9.90. The van der Waals surface area contributed by atoms with Crippen LogP contribution in [0.15, 0.2) is 78.9 Å². The Bertz CT molecular complexity index is 1150. The van der Waals surface area contributed by atoms with Crippen LogP contribution in [0.2, 0.25) is 0 Å². The molecule has 6 nitrogen and oxygen atoms in total. The van der Waals surface area contributed by atoms with Gasteiger partial charge in [0.05, 0.1) is 5.69 Å². The molecule has 0 saturated carbocycles. The van der Waals surface area contributed by atoms with E-state index in [9.17, 15) is 18.4 Å². The predicted octanol–water partition coefficient (Wildman–Crippen LogP) is 3.00. The summed E-state index contributed by atoms with van der Waals surface area (Å²) in [6.45, 7) is 0.512. The molecule has 0 radical (unpaired) electrons. The molecule has 2 fully saturated rings. The third-order valence-corrected chi connectivity index (χ3v) is 6.05. The fraction of sp³-hybridized carbons (Fsp3) is 0.200. The fourth-order valence-corrected chi connectivity index (χ4v) is 4.61. The molecule has 2 N–H and O–H groups in total. The summed E-state index contributed by atoms with van der Waals surface area (Å²) in [4.78, 5) is 28.2. The maximum absolute atomic E-state index is 14.2. The molecule has 2 aliphatic heterocycles. The van der Waals surface area contributed by atoms with E-state index in [1.165, 1.54) is 6.07 Å². The first-order valence-corrected chi connectivity index (χ1v) is 10.6. The largest absolute Gasteiger partial charge is 0.434 e. The quantitative estimate of drug-likeness (QED) is 0.600. The van der Waals surface area contributed by atoms with E-state index in [1.54, 1.807) is 4.90 Å². The Kier molecular flexibility index (Phi) is 5.39. The average molecular weight is 449 g/mol. The molecule has 2 heterocycles. The summed E-state index contributed by atoms with van der Waals surface area (Å²) < 4.78 is 33.6. The van der Waals surface area contributed by atoms with Gasteiger partial charge in [-0.1, -0.05) is 60.7 Å². The lowest BCUT2D eigenvalue weighted by Gasteiger charge is -2.44. The molecule has 2 aliphatic rings. The van der Waals surface area contributed by atoms with Crippen LogP contribution in [-0.2, 0) is 20.1 Å². The van der Waals surface area contributed by atoms with Gasteiger partial charge in [-0.3, -0.25) is 9.59 Å². The van der Waals surface area contributed by atoms with E-state index in [-0.39, 0.29) is 12.2 Å². The summed E-state index contributed by atoms with van der Waals surface area (Å²) in [5.74, 6) is -2.61. The van der Waals surface area contributed by atoms with Crippen molar-refractivity contribution in [1.29, 1.82) is 0 Å². The molecule has 2 saturated heterocycles. The molecule has 33 heavy (non-hydrogen) atoms. The molecule has 8 heteroatoms. The van der Waals surface area contributed by atoms with Crippen molar-refractivity contribution < 1.29 is 23.1 Å². The topological polar surface area (TPSA) is 70.7 Å². The van der Waals surface area contributed by atoms with Gasteiger partial charge in [-0.15, -0.1) is 0 Å². The van der Waals surface area contributed by atoms with Crippen molar-refractivity contribution in [2.75, 3.05) is 18.4 Å². The van der Waals surface area contributed by atoms with Gasteiger partial charge >= 0.3 is 5.97 Å². The van der Waals surface area contributed by atoms with E-state index in [0.717, 1.165) is 6.07 Å². The molecule has 1 amide bonds. The number of esters is 1. The number of hydrogen-bond acceptors (Lipinski definition) is 5. The van der Waals surface area contributed by atoms with Gasteiger partial charge in [0.25, 0.3) is 0 Å². The summed E-state index contributed by atoms with van der Waals surface area (Å²) >= 11 is 0. The normalized spacial score (nSPS) is 21.8. The SMILES string of the molecule is O=C(Nc1ccc(F)cc1F)C1CNCC2C(=O)OC(c3ccccc3)(c3ccccc3)N12. The Labute approximate surface area is 189 Å². The van der Waals surface area contributed by atoms with E-state index < -0.39 is 41.3 Å². The van der Waals surface area contributed by atoms with Crippen LogP contribution in [-0.4, -0.2) is 41.9 Å². The van der Waals surface area contributed by atoms with Crippen LogP contribution in [0.5, 0.6) is 0 Å². The number of cyclic esters (lactones) is 1. The van der Waals surface area contributed by atoms with Crippen molar-refractivity contribution in [2.45, 2.75) is 17.8 Å². The highest BCUT2D eigenvalue weighted by molar-refractivity contribution is 5.96. The Morgan fingerprint density at radius 1 is 0.970 bits per heavy atom. The summed E-state index contributed by atoms with van der Waals surface area (Å²) in [6, 6.07) is 19.8. The van der Waals surface area contributed by atoms with Gasteiger partial charge in [-0.2, -0.15) is 0 Å². The van der Waals surface area contributed by atoms with E-state index >= 15 is 0 Å². The third kappa shape index (κ3) is 3.57. The van der Waals surface area contributed by atoms with Crippen molar-refractivity contribution >= 4 is 17.6 Å². The van der Waals surface area contributed by atoms with Crippen molar-refractivity contribution in [2.24, 2.45) is 0 Å². The molecule has 3 aromatic rings. The average Bonchev–Trinajstić information content (AvgIpc) is 3.15. The summed E-state index contributed by atoms with van der Waals surface area (Å²) in [5, 5.41) is 5.66. The first-order valence-electron chi connectivity index (χ1n) is 10.6. The number of nitrogens with one attached hydrogen (secondary N) is 2. The lowest BCUT2D eigenvalue weighted by molar-refractivity contribution is -0.152. The van der Waals surface area contributed by atoms with Crippen LogP contribution in [0.3, 0.4) is 0 Å². The highest BCUT2D eigenvalue weighted by Gasteiger charge is 2.60. The number of rotatable bonds is 4. The zero-order valence-electron chi connectivity index (χ0n) is 17.5. The standard InChI is InChI=1S/C25H21F2N3O3/c26-18-11-12-20(19(27)13-18)29-23(31)21-14-28-15-22-24(32)33-25(30(21)22,16-7-3-1-4-8-16)17-9-5-2-6-10-17/h1-13,21-22,28H,14-15H2,(H,29,31). The van der Waals surface area contributed by atoms with Gasteiger partial charge in [0.1, 0.15) is 23.7 Å². The molecule has 3 aromatic carbocycles. The summed E-state index contributed by atoms with van der Waals surface area (Å²) in [7, 11) is 0. The van der Waals surface area contributed by atoms with Crippen LogP contribution in [0.25, 0.3) is 0 Å². The van der Waals surface area contributed by atoms with Gasteiger partial charge < -0.3 is 15.4 Å². The molecular formula is C25H21F2N3O3. The number of amides is 1. The highest BCUT2D eigenvalue weighted by Crippen LogP contribution is 2.45. The number of halogens is 2. The zero-order valence-corrected chi connectivity index (χ0v) is 17.5. The van der Waals surface area contributed by atoms with Gasteiger partial charge in [-0.25, -0.2) is 13.7 Å². The number of nitrogens with zero attached hydrogens (tertiary/aromatic N) is 1. The first kappa shape index (κ1) is 21.2. The minimum Gasteiger partial charge on any atom is -0.434 e. The van der Waals surface area contributed by atoms with Crippen LogP contribution >= 0.6 is 0 Å². The Morgan fingerprint density at radius 2 is 1.61 bits per heavy atom. The predicted molar refractivity (Wildman–Crippen MR) is 117 cm³/mol. The minimum atomic E-state index is -1.34. The Balaban J connectivity index is 1.60. The fourth-order valence-electron chi connectivity index (χ4n) is 4.61. The second-order valence-corrected chi connectivity index (χ2v) is 8.01. The molecule has 0 bridgehead atoms. The number of carbonyl (C=O) groups excluding carboxylic acids is 2. The highest BCUT2D eigenvalue weighted by atomic mass is 19.1. The van der Waals surface area contributed by atoms with E-state index in [1.807, 2.05) is 60.7 Å². The number of fused-ring (bicyclic) bond motifs is 1. The molecule has 0 aromatic heterocycles. The second kappa shape index (κ2) is 8.38. The van der Waals surface area contributed by atoms with Crippen LogP contribution in [0.1, 0.15) is 11.1 Å². The van der Waals surface area contributed by atoms with Crippen LogP contribution in [0.4, 0.5) is 14.5 Å². The van der Waals surface area contributed by atoms with Gasteiger partial charge in [0.15, 0.2) is 0 Å². The van der Waals surface area contributed by atoms with Gasteiger partial charge in [0.2, 0.25) is 11.6 Å². The monoisotopic (exact) mass is 449 g/mol. The van der Waals surface area contributed by atoms with Crippen molar-refractivity contribution in [3.63, 3.8) is 0 Å². The maximum atomic E-state index is 14.2. The first-order chi connectivity index (χ1) is 16.0. The summed E-state index contributed by atoms with van der Waals surface area (Å²) in [6.07, 6.45) is 0. The van der Waals surface area contributed by atoms with Gasteiger partial charge in [-0.05, 0) is 12.1 Å². The summed E-state index contributed by atoms with van der Waals surface area (Å²) in [5.41, 5.74) is -0.0881. The van der Waals surface area contributed by atoms with Crippen molar-refractivity contribution in [1.82, 2.24) is 10.2 Å². The molecule has 2 unspecified atom stereocenters.